The van der Waals surface area contributed by atoms with Crippen LogP contribution in [0.25, 0.3) is 0 Å². The highest BCUT2D eigenvalue weighted by Crippen LogP contribution is 1.85. The van der Waals surface area contributed by atoms with Gasteiger partial charge in [0.25, 0.3) is 0 Å². The third-order valence-electron chi connectivity index (χ3n) is 1.20. The Balaban J connectivity index is 2.65. The second-order valence-electron chi connectivity index (χ2n) is 2.13. The topological polar surface area (TPSA) is 30.5 Å². The predicted molar refractivity (Wildman–Crippen MR) is 41.0 cm³/mol. The zero-order valence-corrected chi connectivity index (χ0v) is 6.85. The first-order chi connectivity index (χ1) is 4.91. The zero-order chi connectivity index (χ0) is 7.66. The standard InChI is InChI=1S/C7H17NO2/c1-9-6-4-3-5-8-7-10-2/h8H,3-7H2,1-2H3. The molecule has 0 aromatic rings. The van der Waals surface area contributed by atoms with Crippen LogP contribution < -0.4 is 5.32 Å². The molecule has 3 nitrogen and oxygen atoms in total. The highest BCUT2D eigenvalue weighted by molar-refractivity contribution is 4.42. The van der Waals surface area contributed by atoms with E-state index in [0.717, 1.165) is 26.0 Å². The van der Waals surface area contributed by atoms with Gasteiger partial charge in [-0.1, -0.05) is 0 Å². The summed E-state index contributed by atoms with van der Waals surface area (Å²) < 4.78 is 9.70. The van der Waals surface area contributed by atoms with Gasteiger partial charge in [0.2, 0.25) is 0 Å². The summed E-state index contributed by atoms with van der Waals surface area (Å²) in [5, 5.41) is 3.12. The van der Waals surface area contributed by atoms with Gasteiger partial charge >= 0.3 is 0 Å². The van der Waals surface area contributed by atoms with Crippen molar-refractivity contribution in [2.75, 3.05) is 34.1 Å². The fourth-order valence-electron chi connectivity index (χ4n) is 0.671. The van der Waals surface area contributed by atoms with Gasteiger partial charge in [0.05, 0.1) is 6.73 Å². The first-order valence-corrected chi connectivity index (χ1v) is 3.60. The van der Waals surface area contributed by atoms with E-state index in [0.29, 0.717) is 6.73 Å². The van der Waals surface area contributed by atoms with Gasteiger partial charge in [0.15, 0.2) is 0 Å². The van der Waals surface area contributed by atoms with Gasteiger partial charge in [-0.15, -0.1) is 0 Å². The Morgan fingerprint density at radius 3 is 2.50 bits per heavy atom. The molecule has 3 heteroatoms. The van der Waals surface area contributed by atoms with Gasteiger partial charge in [-0.3, -0.25) is 5.32 Å². The van der Waals surface area contributed by atoms with E-state index in [1.165, 1.54) is 0 Å². The lowest BCUT2D eigenvalue weighted by atomic mass is 10.3. The molecule has 0 unspecified atom stereocenters. The summed E-state index contributed by atoms with van der Waals surface area (Å²) in [6, 6.07) is 0. The Labute approximate surface area is 62.7 Å². The Bertz CT molecular complexity index is 51.6. The lowest BCUT2D eigenvalue weighted by Gasteiger charge is -2.01. The van der Waals surface area contributed by atoms with Gasteiger partial charge in [0, 0.05) is 20.8 Å². The molecule has 0 aromatic carbocycles. The molecule has 0 aromatic heterocycles. The molecular formula is C7H17NO2. The molecule has 0 radical (unpaired) electrons. The molecule has 0 aliphatic rings. The molecule has 10 heavy (non-hydrogen) atoms. The van der Waals surface area contributed by atoms with Crippen LogP contribution in [0.2, 0.25) is 0 Å². The van der Waals surface area contributed by atoms with Crippen molar-refractivity contribution in [3.8, 4) is 0 Å². The van der Waals surface area contributed by atoms with Crippen molar-refractivity contribution in [2.45, 2.75) is 12.8 Å². The minimum Gasteiger partial charge on any atom is -0.385 e. The average Bonchev–Trinajstić information content (AvgIpc) is 1.97. The van der Waals surface area contributed by atoms with Crippen molar-refractivity contribution in [2.24, 2.45) is 0 Å². The number of hydrogen-bond donors (Lipinski definition) is 1. The van der Waals surface area contributed by atoms with Crippen molar-refractivity contribution in [3.05, 3.63) is 0 Å². The van der Waals surface area contributed by atoms with Crippen LogP contribution in [0.5, 0.6) is 0 Å². The molecule has 62 valence electrons. The van der Waals surface area contributed by atoms with Crippen LogP contribution in [0.15, 0.2) is 0 Å². The van der Waals surface area contributed by atoms with Gasteiger partial charge < -0.3 is 9.47 Å². The van der Waals surface area contributed by atoms with E-state index in [-0.39, 0.29) is 0 Å². The lowest BCUT2D eigenvalue weighted by Crippen LogP contribution is -2.18. The maximum absolute atomic E-state index is 4.89. The lowest BCUT2D eigenvalue weighted by molar-refractivity contribution is 0.169. The van der Waals surface area contributed by atoms with E-state index in [1.54, 1.807) is 14.2 Å². The zero-order valence-electron chi connectivity index (χ0n) is 6.85. The molecule has 0 saturated heterocycles. The second-order valence-corrected chi connectivity index (χ2v) is 2.13. The summed E-state index contributed by atoms with van der Waals surface area (Å²) in [5.41, 5.74) is 0. The molecular weight excluding hydrogens is 130 g/mol. The van der Waals surface area contributed by atoms with Crippen LogP contribution in [0.1, 0.15) is 12.8 Å². The van der Waals surface area contributed by atoms with Crippen LogP contribution >= 0.6 is 0 Å². The van der Waals surface area contributed by atoms with E-state index in [9.17, 15) is 0 Å². The first kappa shape index (κ1) is 9.88. The quantitative estimate of drug-likeness (QED) is 0.422. The largest absolute Gasteiger partial charge is 0.385 e. The van der Waals surface area contributed by atoms with Crippen LogP contribution in [0.4, 0.5) is 0 Å². The smallest absolute Gasteiger partial charge is 0.0961 e. The highest BCUT2D eigenvalue weighted by Gasteiger charge is 1.85. The van der Waals surface area contributed by atoms with Gasteiger partial charge in [0.1, 0.15) is 0 Å². The highest BCUT2D eigenvalue weighted by atomic mass is 16.5. The number of unbranched alkanes of at least 4 members (excludes halogenated alkanes) is 1. The number of hydrogen-bond acceptors (Lipinski definition) is 3. The minimum atomic E-state index is 0.646. The Hall–Kier alpha value is -0.120. The molecule has 0 heterocycles. The van der Waals surface area contributed by atoms with Crippen molar-refractivity contribution in [3.63, 3.8) is 0 Å². The molecule has 0 saturated carbocycles. The van der Waals surface area contributed by atoms with Crippen molar-refractivity contribution < 1.29 is 9.47 Å². The molecule has 0 aliphatic carbocycles. The molecule has 0 spiro atoms. The molecule has 0 bridgehead atoms. The van der Waals surface area contributed by atoms with Crippen LogP contribution in [0.3, 0.4) is 0 Å². The summed E-state index contributed by atoms with van der Waals surface area (Å²) in [7, 11) is 3.41. The third-order valence-corrected chi connectivity index (χ3v) is 1.20. The monoisotopic (exact) mass is 147 g/mol. The second kappa shape index (κ2) is 8.88. The molecule has 0 aliphatic heterocycles. The summed E-state index contributed by atoms with van der Waals surface area (Å²) in [4.78, 5) is 0. The van der Waals surface area contributed by atoms with Crippen molar-refractivity contribution in [1.29, 1.82) is 0 Å². The van der Waals surface area contributed by atoms with Crippen LogP contribution in [0, 0.1) is 0 Å². The van der Waals surface area contributed by atoms with E-state index in [1.807, 2.05) is 0 Å². The van der Waals surface area contributed by atoms with E-state index in [2.05, 4.69) is 5.32 Å². The normalized spacial score (nSPS) is 10.2. The van der Waals surface area contributed by atoms with E-state index in [4.69, 9.17) is 9.47 Å². The number of rotatable bonds is 7. The van der Waals surface area contributed by atoms with E-state index < -0.39 is 0 Å². The number of nitrogens with one attached hydrogen (secondary N) is 1. The fraction of sp³-hybridized carbons (Fsp3) is 1.00. The van der Waals surface area contributed by atoms with Gasteiger partial charge in [-0.05, 0) is 19.4 Å². The van der Waals surface area contributed by atoms with Gasteiger partial charge in [-0.2, -0.15) is 0 Å². The molecule has 1 N–H and O–H groups in total. The Morgan fingerprint density at radius 1 is 1.10 bits per heavy atom. The summed E-state index contributed by atoms with van der Waals surface area (Å²) in [6.45, 7) is 2.51. The predicted octanol–water partition coefficient (Wildman–Crippen LogP) is 0.607. The Kier molecular flexibility index (Phi) is 8.77. The molecule has 0 rings (SSSR count). The third kappa shape index (κ3) is 7.88. The number of ether oxygens (including phenoxy) is 2. The van der Waals surface area contributed by atoms with Gasteiger partial charge in [-0.25, -0.2) is 0 Å². The Morgan fingerprint density at radius 2 is 1.90 bits per heavy atom. The molecule has 0 amide bonds. The van der Waals surface area contributed by atoms with Crippen LogP contribution in [-0.2, 0) is 9.47 Å². The summed E-state index contributed by atoms with van der Waals surface area (Å²) >= 11 is 0. The van der Waals surface area contributed by atoms with Crippen LogP contribution in [-0.4, -0.2) is 34.1 Å². The minimum absolute atomic E-state index is 0.646. The first-order valence-electron chi connectivity index (χ1n) is 3.60. The SMILES string of the molecule is COCCCCNCOC. The molecule has 0 fully saturated rings. The fourth-order valence-corrected chi connectivity index (χ4v) is 0.671. The molecule has 0 atom stereocenters. The van der Waals surface area contributed by atoms with Crippen molar-refractivity contribution >= 4 is 0 Å². The summed E-state index contributed by atoms with van der Waals surface area (Å²) in [5.74, 6) is 0. The summed E-state index contributed by atoms with van der Waals surface area (Å²) in [6.07, 6.45) is 2.27. The number of methoxy groups -OCH3 is 2. The van der Waals surface area contributed by atoms with E-state index >= 15 is 0 Å². The maximum Gasteiger partial charge on any atom is 0.0961 e. The average molecular weight is 147 g/mol. The van der Waals surface area contributed by atoms with Crippen molar-refractivity contribution in [1.82, 2.24) is 5.32 Å². The maximum atomic E-state index is 4.89.